The summed E-state index contributed by atoms with van der Waals surface area (Å²) in [5.41, 5.74) is -0.524. The third kappa shape index (κ3) is 5.19. The largest absolute Gasteiger partial charge is 0.383 e. The zero-order chi connectivity index (χ0) is 15.0. The summed E-state index contributed by atoms with van der Waals surface area (Å²) in [5, 5.41) is 7.43. The molecule has 0 saturated heterocycles. The average molecular weight is 285 g/mol. The maximum absolute atomic E-state index is 5.62. The Balaban J connectivity index is 2.65. The molecule has 1 rings (SSSR count). The van der Waals surface area contributed by atoms with Crippen LogP contribution in [0.1, 0.15) is 45.8 Å². The quantitative estimate of drug-likeness (QED) is 0.708. The van der Waals surface area contributed by atoms with Crippen LogP contribution in [0.2, 0.25) is 0 Å². The van der Waals surface area contributed by atoms with Gasteiger partial charge in [0, 0.05) is 26.2 Å². The van der Waals surface area contributed by atoms with Gasteiger partial charge in [-0.1, -0.05) is 12.1 Å². The minimum atomic E-state index is -0.524. The van der Waals surface area contributed by atoms with Crippen molar-refractivity contribution in [3.8, 4) is 0 Å². The fourth-order valence-electron chi connectivity index (χ4n) is 1.96. The molecule has 116 valence electrons. The second kappa shape index (κ2) is 8.34. The lowest BCUT2D eigenvalue weighted by molar-refractivity contribution is -0.0221. The smallest absolute Gasteiger partial charge is 0.228 e. The van der Waals surface area contributed by atoms with Gasteiger partial charge in [-0.2, -0.15) is 4.98 Å². The van der Waals surface area contributed by atoms with Gasteiger partial charge in [0.25, 0.3) is 0 Å². The molecule has 1 aromatic rings. The van der Waals surface area contributed by atoms with E-state index < -0.39 is 5.60 Å². The molecule has 0 spiro atoms. The first-order valence-electron chi connectivity index (χ1n) is 7.22. The third-order valence-corrected chi connectivity index (χ3v) is 2.98. The van der Waals surface area contributed by atoms with Crippen molar-refractivity contribution in [2.45, 2.75) is 52.2 Å². The molecule has 0 aliphatic heterocycles. The Morgan fingerprint density at radius 2 is 2.10 bits per heavy atom. The number of ether oxygens (including phenoxy) is 2. The molecule has 0 saturated carbocycles. The summed E-state index contributed by atoms with van der Waals surface area (Å²) in [5.74, 6) is 1.19. The molecule has 0 radical (unpaired) electrons. The first kappa shape index (κ1) is 17.1. The van der Waals surface area contributed by atoms with E-state index in [1.165, 1.54) is 0 Å². The highest BCUT2D eigenvalue weighted by Crippen LogP contribution is 2.21. The van der Waals surface area contributed by atoms with Crippen LogP contribution in [0, 0.1) is 0 Å². The molecular formula is C14H27N3O3. The van der Waals surface area contributed by atoms with E-state index >= 15 is 0 Å². The number of hydrogen-bond acceptors (Lipinski definition) is 6. The monoisotopic (exact) mass is 285 g/mol. The van der Waals surface area contributed by atoms with Gasteiger partial charge in [-0.05, 0) is 33.7 Å². The van der Waals surface area contributed by atoms with Crippen LogP contribution in [0.3, 0.4) is 0 Å². The van der Waals surface area contributed by atoms with E-state index in [1.54, 1.807) is 7.11 Å². The van der Waals surface area contributed by atoms with Crippen LogP contribution in [0.15, 0.2) is 4.52 Å². The summed E-state index contributed by atoms with van der Waals surface area (Å²) in [7, 11) is 1.69. The standard InChI is InChI=1S/C14H27N3O3/c1-6-8-15-11(10-18-5)9-12-16-13(17-20-12)14(3,4)19-7-2/h11,15H,6-10H2,1-5H3. The first-order valence-corrected chi connectivity index (χ1v) is 7.22. The van der Waals surface area contributed by atoms with Crippen molar-refractivity contribution in [1.82, 2.24) is 15.5 Å². The van der Waals surface area contributed by atoms with Crippen LogP contribution in [0.25, 0.3) is 0 Å². The van der Waals surface area contributed by atoms with Crippen molar-refractivity contribution in [1.29, 1.82) is 0 Å². The number of nitrogens with zero attached hydrogens (tertiary/aromatic N) is 2. The maximum Gasteiger partial charge on any atom is 0.228 e. The fraction of sp³-hybridized carbons (Fsp3) is 0.857. The summed E-state index contributed by atoms with van der Waals surface area (Å²) < 4.78 is 16.1. The zero-order valence-corrected chi connectivity index (χ0v) is 13.2. The number of aromatic nitrogens is 2. The second-order valence-electron chi connectivity index (χ2n) is 5.27. The molecule has 6 nitrogen and oxygen atoms in total. The van der Waals surface area contributed by atoms with Gasteiger partial charge >= 0.3 is 0 Å². The zero-order valence-electron chi connectivity index (χ0n) is 13.2. The summed E-state index contributed by atoms with van der Waals surface area (Å²) in [6, 6.07) is 0.184. The Labute approximate surface area is 121 Å². The van der Waals surface area contributed by atoms with E-state index in [4.69, 9.17) is 14.0 Å². The van der Waals surface area contributed by atoms with E-state index in [-0.39, 0.29) is 6.04 Å². The van der Waals surface area contributed by atoms with Crippen LogP contribution in [0.4, 0.5) is 0 Å². The summed E-state index contributed by atoms with van der Waals surface area (Å²) in [4.78, 5) is 4.43. The van der Waals surface area contributed by atoms with Crippen molar-refractivity contribution >= 4 is 0 Å². The third-order valence-electron chi connectivity index (χ3n) is 2.98. The minimum absolute atomic E-state index is 0.184. The number of rotatable bonds is 10. The van der Waals surface area contributed by atoms with Crippen LogP contribution in [-0.4, -0.2) is 43.1 Å². The van der Waals surface area contributed by atoms with Gasteiger partial charge in [-0.3, -0.25) is 0 Å². The van der Waals surface area contributed by atoms with E-state index in [1.807, 2.05) is 20.8 Å². The van der Waals surface area contributed by atoms with Crippen LogP contribution >= 0.6 is 0 Å². The number of nitrogens with one attached hydrogen (secondary N) is 1. The van der Waals surface area contributed by atoms with Crippen molar-refractivity contribution < 1.29 is 14.0 Å². The normalized spacial score (nSPS) is 13.7. The van der Waals surface area contributed by atoms with E-state index in [0.29, 0.717) is 31.3 Å². The van der Waals surface area contributed by atoms with Gasteiger partial charge < -0.3 is 19.3 Å². The van der Waals surface area contributed by atoms with Crippen LogP contribution in [0.5, 0.6) is 0 Å². The molecule has 0 aliphatic rings. The predicted octanol–water partition coefficient (Wildman–Crippen LogP) is 1.90. The molecule has 0 bridgehead atoms. The molecule has 1 N–H and O–H groups in total. The summed E-state index contributed by atoms with van der Waals surface area (Å²) in [6.07, 6.45) is 1.73. The Morgan fingerprint density at radius 3 is 2.70 bits per heavy atom. The molecule has 0 aliphatic carbocycles. The van der Waals surface area contributed by atoms with Gasteiger partial charge in [-0.25, -0.2) is 0 Å². The Bertz CT molecular complexity index is 379. The van der Waals surface area contributed by atoms with Gasteiger partial charge in [0.05, 0.1) is 6.61 Å². The number of methoxy groups -OCH3 is 1. The van der Waals surface area contributed by atoms with E-state index in [2.05, 4.69) is 22.4 Å². The molecule has 1 unspecified atom stereocenters. The fourth-order valence-corrected chi connectivity index (χ4v) is 1.96. The molecule has 20 heavy (non-hydrogen) atoms. The van der Waals surface area contributed by atoms with Crippen molar-refractivity contribution in [3.05, 3.63) is 11.7 Å². The van der Waals surface area contributed by atoms with Gasteiger partial charge in [-0.15, -0.1) is 0 Å². The first-order chi connectivity index (χ1) is 9.53. The molecule has 0 aromatic carbocycles. The number of hydrogen-bond donors (Lipinski definition) is 1. The molecule has 1 heterocycles. The molecule has 0 amide bonds. The topological polar surface area (TPSA) is 69.4 Å². The average Bonchev–Trinajstić information content (AvgIpc) is 2.85. The maximum atomic E-state index is 5.62. The molecule has 6 heteroatoms. The summed E-state index contributed by atoms with van der Waals surface area (Å²) in [6.45, 7) is 10.1. The highest BCUT2D eigenvalue weighted by atomic mass is 16.5. The lowest BCUT2D eigenvalue weighted by atomic mass is 10.1. The SMILES string of the molecule is CCCNC(COC)Cc1nc(C(C)(C)OCC)no1. The van der Waals surface area contributed by atoms with Crippen molar-refractivity contribution in [3.63, 3.8) is 0 Å². The highest BCUT2D eigenvalue weighted by molar-refractivity contribution is 4.98. The minimum Gasteiger partial charge on any atom is -0.383 e. The Morgan fingerprint density at radius 1 is 1.35 bits per heavy atom. The van der Waals surface area contributed by atoms with Gasteiger partial charge in [0.1, 0.15) is 5.60 Å². The lowest BCUT2D eigenvalue weighted by Gasteiger charge is -2.19. The van der Waals surface area contributed by atoms with Crippen LogP contribution in [-0.2, 0) is 21.5 Å². The summed E-state index contributed by atoms with van der Waals surface area (Å²) >= 11 is 0. The Kier molecular flexibility index (Phi) is 7.12. The van der Waals surface area contributed by atoms with Crippen LogP contribution < -0.4 is 5.32 Å². The van der Waals surface area contributed by atoms with Gasteiger partial charge in [0.2, 0.25) is 11.7 Å². The molecular weight excluding hydrogens is 258 g/mol. The molecule has 1 aromatic heterocycles. The van der Waals surface area contributed by atoms with Gasteiger partial charge in [0.15, 0.2) is 0 Å². The van der Waals surface area contributed by atoms with Crippen molar-refractivity contribution in [2.24, 2.45) is 0 Å². The van der Waals surface area contributed by atoms with E-state index in [0.717, 1.165) is 13.0 Å². The van der Waals surface area contributed by atoms with E-state index in [9.17, 15) is 0 Å². The second-order valence-corrected chi connectivity index (χ2v) is 5.27. The lowest BCUT2D eigenvalue weighted by Crippen LogP contribution is -2.35. The Hall–Kier alpha value is -0.980. The van der Waals surface area contributed by atoms with Crippen molar-refractivity contribution in [2.75, 3.05) is 26.9 Å². The highest BCUT2D eigenvalue weighted by Gasteiger charge is 2.27. The predicted molar refractivity (Wildman–Crippen MR) is 76.6 cm³/mol. The molecule has 1 atom stereocenters. The molecule has 0 fully saturated rings.